The molecule has 0 unspecified atom stereocenters. The van der Waals surface area contributed by atoms with Crippen LogP contribution in [-0.2, 0) is 13.2 Å². The van der Waals surface area contributed by atoms with E-state index >= 15 is 0 Å². The molecule has 2 aromatic rings. The Morgan fingerprint density at radius 2 is 1.77 bits per heavy atom. The third kappa shape index (κ3) is 4.29. The van der Waals surface area contributed by atoms with Crippen molar-refractivity contribution in [2.75, 3.05) is 13.7 Å². The van der Waals surface area contributed by atoms with Gasteiger partial charge >= 0.3 is 0 Å². The molecule has 0 saturated heterocycles. The molecule has 0 saturated carbocycles. The SMILES string of the molecule is CCNCc1cc(OC)c(OCc2ccccc2Cl)cc1Cl. The number of benzene rings is 2. The van der Waals surface area contributed by atoms with Crippen molar-refractivity contribution >= 4 is 23.2 Å². The summed E-state index contributed by atoms with van der Waals surface area (Å²) in [5.41, 5.74) is 1.89. The van der Waals surface area contributed by atoms with E-state index in [-0.39, 0.29) is 0 Å². The van der Waals surface area contributed by atoms with Crippen molar-refractivity contribution in [3.63, 3.8) is 0 Å². The molecule has 0 heterocycles. The van der Waals surface area contributed by atoms with E-state index < -0.39 is 0 Å². The average Bonchev–Trinajstić information content (AvgIpc) is 2.53. The van der Waals surface area contributed by atoms with E-state index in [4.69, 9.17) is 32.7 Å². The van der Waals surface area contributed by atoms with Crippen LogP contribution >= 0.6 is 23.2 Å². The van der Waals surface area contributed by atoms with Crippen molar-refractivity contribution in [2.45, 2.75) is 20.1 Å². The predicted molar refractivity (Wildman–Crippen MR) is 91.2 cm³/mol. The minimum atomic E-state index is 0.360. The summed E-state index contributed by atoms with van der Waals surface area (Å²) >= 11 is 12.4. The molecule has 0 bridgehead atoms. The van der Waals surface area contributed by atoms with Gasteiger partial charge in [-0.25, -0.2) is 0 Å². The van der Waals surface area contributed by atoms with Gasteiger partial charge in [0.25, 0.3) is 0 Å². The Morgan fingerprint density at radius 1 is 1.00 bits per heavy atom. The maximum Gasteiger partial charge on any atom is 0.163 e. The predicted octanol–water partition coefficient (Wildman–Crippen LogP) is 4.69. The van der Waals surface area contributed by atoms with Crippen LogP contribution in [0, 0.1) is 0 Å². The summed E-state index contributed by atoms with van der Waals surface area (Å²) in [6, 6.07) is 11.3. The van der Waals surface area contributed by atoms with Crippen molar-refractivity contribution in [3.05, 3.63) is 57.6 Å². The van der Waals surface area contributed by atoms with E-state index in [1.165, 1.54) is 0 Å². The maximum atomic E-state index is 6.31. The summed E-state index contributed by atoms with van der Waals surface area (Å²) in [7, 11) is 1.61. The molecule has 0 fully saturated rings. The van der Waals surface area contributed by atoms with Gasteiger partial charge in [0.15, 0.2) is 11.5 Å². The first-order chi connectivity index (χ1) is 10.7. The molecule has 0 radical (unpaired) electrons. The molecule has 3 nitrogen and oxygen atoms in total. The van der Waals surface area contributed by atoms with Crippen LogP contribution in [0.25, 0.3) is 0 Å². The van der Waals surface area contributed by atoms with Gasteiger partial charge in [0, 0.05) is 28.2 Å². The zero-order valence-electron chi connectivity index (χ0n) is 12.7. The molecule has 0 aromatic heterocycles. The fourth-order valence-electron chi connectivity index (χ4n) is 2.02. The fourth-order valence-corrected chi connectivity index (χ4v) is 2.43. The summed E-state index contributed by atoms with van der Waals surface area (Å²) in [4.78, 5) is 0. The lowest BCUT2D eigenvalue weighted by Crippen LogP contribution is -2.12. The highest BCUT2D eigenvalue weighted by atomic mass is 35.5. The first kappa shape index (κ1) is 16.9. The van der Waals surface area contributed by atoms with Crippen molar-refractivity contribution in [1.29, 1.82) is 0 Å². The van der Waals surface area contributed by atoms with Gasteiger partial charge in [0.2, 0.25) is 0 Å². The van der Waals surface area contributed by atoms with Crippen LogP contribution in [-0.4, -0.2) is 13.7 Å². The highest BCUT2D eigenvalue weighted by Gasteiger charge is 2.11. The molecule has 5 heteroatoms. The molecule has 0 amide bonds. The van der Waals surface area contributed by atoms with Crippen LogP contribution in [0.3, 0.4) is 0 Å². The smallest absolute Gasteiger partial charge is 0.163 e. The Labute approximate surface area is 141 Å². The van der Waals surface area contributed by atoms with Crippen LogP contribution in [0.4, 0.5) is 0 Å². The first-order valence-corrected chi connectivity index (χ1v) is 7.84. The number of rotatable bonds is 7. The molecule has 0 aliphatic carbocycles. The van der Waals surface area contributed by atoms with E-state index in [1.807, 2.05) is 37.3 Å². The molecule has 1 N–H and O–H groups in total. The standard InChI is InChI=1S/C17H19Cl2NO2/c1-3-20-10-13-8-16(21-2)17(9-15(13)19)22-11-12-6-4-5-7-14(12)18/h4-9,20H,3,10-11H2,1-2H3. The van der Waals surface area contributed by atoms with E-state index in [0.29, 0.717) is 34.7 Å². The van der Waals surface area contributed by atoms with Gasteiger partial charge in [0.05, 0.1) is 7.11 Å². The number of hydrogen-bond acceptors (Lipinski definition) is 3. The third-order valence-electron chi connectivity index (χ3n) is 3.24. The van der Waals surface area contributed by atoms with Crippen molar-refractivity contribution in [1.82, 2.24) is 5.32 Å². The lowest BCUT2D eigenvalue weighted by molar-refractivity contribution is 0.284. The minimum absolute atomic E-state index is 0.360. The normalized spacial score (nSPS) is 10.5. The van der Waals surface area contributed by atoms with Gasteiger partial charge in [-0.05, 0) is 24.2 Å². The second kappa shape index (κ2) is 8.28. The lowest BCUT2D eigenvalue weighted by Gasteiger charge is -2.14. The summed E-state index contributed by atoms with van der Waals surface area (Å²) in [6.07, 6.45) is 0. The monoisotopic (exact) mass is 339 g/mol. The number of hydrogen-bond donors (Lipinski definition) is 1. The minimum Gasteiger partial charge on any atom is -0.493 e. The molecular formula is C17H19Cl2NO2. The Hall–Kier alpha value is -1.42. The Kier molecular flexibility index (Phi) is 6.37. The van der Waals surface area contributed by atoms with Crippen molar-refractivity contribution in [3.8, 4) is 11.5 Å². The lowest BCUT2D eigenvalue weighted by atomic mass is 10.2. The molecule has 118 valence electrons. The Morgan fingerprint density at radius 3 is 2.45 bits per heavy atom. The van der Waals surface area contributed by atoms with E-state index in [0.717, 1.165) is 17.7 Å². The molecule has 0 aliphatic heterocycles. The zero-order chi connectivity index (χ0) is 15.9. The molecule has 2 rings (SSSR count). The van der Waals surface area contributed by atoms with Crippen molar-refractivity contribution < 1.29 is 9.47 Å². The first-order valence-electron chi connectivity index (χ1n) is 7.09. The zero-order valence-corrected chi connectivity index (χ0v) is 14.2. The summed E-state index contributed by atoms with van der Waals surface area (Å²) in [6.45, 7) is 3.98. The third-order valence-corrected chi connectivity index (χ3v) is 3.96. The Bertz CT molecular complexity index is 632. The molecule has 2 aromatic carbocycles. The average molecular weight is 340 g/mol. The van der Waals surface area contributed by atoms with Crippen LogP contribution in [0.2, 0.25) is 10.0 Å². The second-order valence-corrected chi connectivity index (χ2v) is 5.57. The van der Waals surface area contributed by atoms with E-state index in [2.05, 4.69) is 5.32 Å². The van der Waals surface area contributed by atoms with Gasteiger partial charge in [-0.1, -0.05) is 48.3 Å². The van der Waals surface area contributed by atoms with Crippen molar-refractivity contribution in [2.24, 2.45) is 0 Å². The summed E-state index contributed by atoms with van der Waals surface area (Å²) < 4.78 is 11.2. The summed E-state index contributed by atoms with van der Waals surface area (Å²) in [5.74, 6) is 1.26. The number of nitrogens with one attached hydrogen (secondary N) is 1. The molecule has 0 atom stereocenters. The molecule has 0 spiro atoms. The van der Waals surface area contributed by atoms with E-state index in [1.54, 1.807) is 13.2 Å². The topological polar surface area (TPSA) is 30.5 Å². The van der Waals surface area contributed by atoms with Gasteiger partial charge in [-0.15, -0.1) is 0 Å². The van der Waals surface area contributed by atoms with Gasteiger partial charge in [-0.3, -0.25) is 0 Å². The van der Waals surface area contributed by atoms with Crippen LogP contribution in [0.5, 0.6) is 11.5 Å². The molecule has 22 heavy (non-hydrogen) atoms. The second-order valence-electron chi connectivity index (χ2n) is 4.75. The number of ether oxygens (including phenoxy) is 2. The fraction of sp³-hybridized carbons (Fsp3) is 0.294. The Balaban J connectivity index is 2.16. The van der Waals surface area contributed by atoms with Gasteiger partial charge < -0.3 is 14.8 Å². The van der Waals surface area contributed by atoms with Crippen LogP contribution < -0.4 is 14.8 Å². The maximum absolute atomic E-state index is 6.31. The van der Waals surface area contributed by atoms with E-state index in [9.17, 15) is 0 Å². The molecular weight excluding hydrogens is 321 g/mol. The van der Waals surface area contributed by atoms with Gasteiger partial charge in [-0.2, -0.15) is 0 Å². The highest BCUT2D eigenvalue weighted by Crippen LogP contribution is 2.34. The number of methoxy groups -OCH3 is 1. The largest absolute Gasteiger partial charge is 0.493 e. The molecule has 0 aliphatic rings. The number of halogens is 2. The quantitative estimate of drug-likeness (QED) is 0.793. The summed E-state index contributed by atoms with van der Waals surface area (Å²) in [5, 5.41) is 4.57. The van der Waals surface area contributed by atoms with Gasteiger partial charge in [0.1, 0.15) is 6.61 Å². The van der Waals surface area contributed by atoms with Crippen LogP contribution in [0.1, 0.15) is 18.1 Å². The highest BCUT2D eigenvalue weighted by molar-refractivity contribution is 6.31. The van der Waals surface area contributed by atoms with Crippen LogP contribution in [0.15, 0.2) is 36.4 Å².